The van der Waals surface area contributed by atoms with Crippen LogP contribution in [0.5, 0.6) is 5.75 Å². The molecule has 0 aliphatic rings. The van der Waals surface area contributed by atoms with E-state index in [2.05, 4.69) is 17.2 Å². The van der Waals surface area contributed by atoms with Crippen molar-refractivity contribution in [2.24, 2.45) is 0 Å². The molecule has 2 rings (SSSR count). The number of likely N-dealkylation sites (N-methyl/N-ethyl adjacent to an activating group) is 1. The van der Waals surface area contributed by atoms with Crippen LogP contribution in [-0.2, 0) is 0 Å². The summed E-state index contributed by atoms with van der Waals surface area (Å²) in [6, 6.07) is 11.0. The molecule has 3 nitrogen and oxygen atoms in total. The van der Waals surface area contributed by atoms with Crippen LogP contribution in [0, 0.1) is 5.82 Å². The van der Waals surface area contributed by atoms with Crippen molar-refractivity contribution in [3.63, 3.8) is 0 Å². The van der Waals surface area contributed by atoms with E-state index in [1.807, 2.05) is 31.2 Å². The van der Waals surface area contributed by atoms with Gasteiger partial charge in [0.1, 0.15) is 0 Å². The van der Waals surface area contributed by atoms with Crippen LogP contribution >= 0.6 is 0 Å². The van der Waals surface area contributed by atoms with Crippen LogP contribution in [0.3, 0.4) is 0 Å². The second-order valence-corrected chi connectivity index (χ2v) is 4.97. The molecule has 0 aliphatic heterocycles. The third-order valence-corrected chi connectivity index (χ3v) is 3.61. The number of benzene rings is 1. The lowest BCUT2D eigenvalue weighted by Gasteiger charge is -2.25. The van der Waals surface area contributed by atoms with Gasteiger partial charge in [0.2, 0.25) is 0 Å². The molecule has 0 amide bonds. The summed E-state index contributed by atoms with van der Waals surface area (Å²) in [5.74, 6) is 0.0598. The van der Waals surface area contributed by atoms with Gasteiger partial charge in [0.15, 0.2) is 11.6 Å². The summed E-state index contributed by atoms with van der Waals surface area (Å²) in [6.07, 6.45) is 1.78. The molecular formula is C17H21FN2O. The van der Waals surface area contributed by atoms with Crippen molar-refractivity contribution < 1.29 is 9.13 Å². The van der Waals surface area contributed by atoms with Gasteiger partial charge in [0.25, 0.3) is 0 Å². The number of nitrogens with zero attached hydrogens (tertiary/aromatic N) is 1. The van der Waals surface area contributed by atoms with Gasteiger partial charge in [-0.25, -0.2) is 4.39 Å². The van der Waals surface area contributed by atoms with Gasteiger partial charge in [0.05, 0.1) is 7.11 Å². The minimum atomic E-state index is -0.342. The highest BCUT2D eigenvalue weighted by atomic mass is 19.1. The van der Waals surface area contributed by atoms with Crippen molar-refractivity contribution in [1.29, 1.82) is 0 Å². The van der Waals surface area contributed by atoms with Crippen molar-refractivity contribution in [3.8, 4) is 5.75 Å². The summed E-state index contributed by atoms with van der Waals surface area (Å²) in [5, 5.41) is 3.41. The number of methoxy groups -OCH3 is 1. The molecule has 0 fully saturated rings. The van der Waals surface area contributed by atoms with Crippen molar-refractivity contribution in [1.82, 2.24) is 10.3 Å². The molecule has 2 atom stereocenters. The molecule has 0 bridgehead atoms. The van der Waals surface area contributed by atoms with Crippen molar-refractivity contribution in [3.05, 3.63) is 59.7 Å². The third kappa shape index (κ3) is 3.58. The van der Waals surface area contributed by atoms with E-state index < -0.39 is 0 Å². The Morgan fingerprint density at radius 3 is 2.67 bits per heavy atom. The monoisotopic (exact) mass is 288 g/mol. The van der Waals surface area contributed by atoms with Crippen LogP contribution < -0.4 is 10.1 Å². The van der Waals surface area contributed by atoms with Crippen molar-refractivity contribution in [2.75, 3.05) is 13.7 Å². The first kappa shape index (κ1) is 15.4. The first-order valence-electron chi connectivity index (χ1n) is 7.15. The van der Waals surface area contributed by atoms with Crippen LogP contribution in [0.2, 0.25) is 0 Å². The highest BCUT2D eigenvalue weighted by Crippen LogP contribution is 2.31. The third-order valence-electron chi connectivity index (χ3n) is 3.61. The number of pyridine rings is 1. The highest BCUT2D eigenvalue weighted by Gasteiger charge is 2.22. The van der Waals surface area contributed by atoms with E-state index in [9.17, 15) is 4.39 Å². The SMILES string of the molecule is CCNC(c1ccc(OC)c(F)c1)C(C)c1ccccn1. The molecule has 1 N–H and O–H groups in total. The van der Waals surface area contributed by atoms with Gasteiger partial charge in [-0.3, -0.25) is 4.98 Å². The summed E-state index contributed by atoms with van der Waals surface area (Å²) in [7, 11) is 1.47. The number of nitrogens with one attached hydrogen (secondary N) is 1. The van der Waals surface area contributed by atoms with Gasteiger partial charge < -0.3 is 10.1 Å². The maximum Gasteiger partial charge on any atom is 0.165 e. The molecule has 2 aromatic rings. The molecule has 1 aromatic heterocycles. The Hall–Kier alpha value is -1.94. The van der Waals surface area contributed by atoms with E-state index in [4.69, 9.17) is 4.74 Å². The minimum Gasteiger partial charge on any atom is -0.494 e. The number of rotatable bonds is 6. The zero-order chi connectivity index (χ0) is 15.2. The zero-order valence-electron chi connectivity index (χ0n) is 12.6. The molecule has 0 radical (unpaired) electrons. The lowest BCUT2D eigenvalue weighted by atomic mass is 9.91. The summed E-state index contributed by atoms with van der Waals surface area (Å²) in [5.41, 5.74) is 1.88. The Kier molecular flexibility index (Phi) is 5.28. The van der Waals surface area contributed by atoms with Crippen LogP contribution in [0.4, 0.5) is 4.39 Å². The standard InChI is InChI=1S/C17H21FN2O/c1-4-19-17(12(2)15-7-5-6-10-20-15)13-8-9-16(21-3)14(18)11-13/h5-12,17,19H,4H2,1-3H3. The average molecular weight is 288 g/mol. The van der Waals surface area contributed by atoms with Crippen molar-refractivity contribution >= 4 is 0 Å². The van der Waals surface area contributed by atoms with Gasteiger partial charge in [-0.05, 0) is 36.4 Å². The summed E-state index contributed by atoms with van der Waals surface area (Å²) in [4.78, 5) is 4.41. The van der Waals surface area contributed by atoms with E-state index in [-0.39, 0.29) is 23.5 Å². The number of ether oxygens (including phenoxy) is 1. The lowest BCUT2D eigenvalue weighted by Crippen LogP contribution is -2.26. The Morgan fingerprint density at radius 1 is 1.29 bits per heavy atom. The second-order valence-electron chi connectivity index (χ2n) is 4.97. The van der Waals surface area contributed by atoms with Gasteiger partial charge in [-0.15, -0.1) is 0 Å². The number of hydrogen-bond acceptors (Lipinski definition) is 3. The zero-order valence-corrected chi connectivity index (χ0v) is 12.6. The molecule has 2 unspecified atom stereocenters. The maximum atomic E-state index is 13.9. The van der Waals surface area contributed by atoms with E-state index in [1.54, 1.807) is 12.3 Å². The number of hydrogen-bond donors (Lipinski definition) is 1. The Labute approximate surface area is 125 Å². The lowest BCUT2D eigenvalue weighted by molar-refractivity contribution is 0.384. The minimum absolute atomic E-state index is 0.00491. The Bertz CT molecular complexity index is 574. The molecule has 112 valence electrons. The van der Waals surface area contributed by atoms with E-state index in [1.165, 1.54) is 13.2 Å². The molecule has 1 aromatic carbocycles. The fourth-order valence-corrected chi connectivity index (χ4v) is 2.50. The van der Waals surface area contributed by atoms with Gasteiger partial charge in [-0.1, -0.05) is 26.0 Å². The number of halogens is 1. The topological polar surface area (TPSA) is 34.1 Å². The molecule has 0 aliphatic carbocycles. The van der Waals surface area contributed by atoms with Gasteiger partial charge in [0, 0.05) is 23.9 Å². The van der Waals surface area contributed by atoms with Crippen LogP contribution in [0.1, 0.15) is 37.1 Å². The summed E-state index contributed by atoms with van der Waals surface area (Å²) >= 11 is 0. The normalized spacial score (nSPS) is 13.7. The van der Waals surface area contributed by atoms with Crippen LogP contribution in [-0.4, -0.2) is 18.6 Å². The molecule has 4 heteroatoms. The highest BCUT2D eigenvalue weighted by molar-refractivity contribution is 5.32. The largest absolute Gasteiger partial charge is 0.494 e. The van der Waals surface area contributed by atoms with E-state index >= 15 is 0 Å². The molecule has 1 heterocycles. The summed E-state index contributed by atoms with van der Waals surface area (Å²) < 4.78 is 18.9. The predicted molar refractivity (Wildman–Crippen MR) is 82.0 cm³/mol. The van der Waals surface area contributed by atoms with Crippen molar-refractivity contribution in [2.45, 2.75) is 25.8 Å². The first-order chi connectivity index (χ1) is 10.2. The summed E-state index contributed by atoms with van der Waals surface area (Å²) in [6.45, 7) is 4.94. The molecule has 0 saturated heterocycles. The Morgan fingerprint density at radius 2 is 2.10 bits per heavy atom. The Balaban J connectivity index is 2.32. The molecule has 0 spiro atoms. The van der Waals surface area contributed by atoms with E-state index in [0.29, 0.717) is 0 Å². The molecular weight excluding hydrogens is 267 g/mol. The average Bonchev–Trinajstić information content (AvgIpc) is 2.52. The fourth-order valence-electron chi connectivity index (χ4n) is 2.50. The van der Waals surface area contributed by atoms with Gasteiger partial charge in [-0.2, -0.15) is 0 Å². The van der Waals surface area contributed by atoms with Gasteiger partial charge >= 0.3 is 0 Å². The number of aromatic nitrogens is 1. The maximum absolute atomic E-state index is 13.9. The van der Waals surface area contributed by atoms with Crippen LogP contribution in [0.15, 0.2) is 42.6 Å². The van der Waals surface area contributed by atoms with E-state index in [0.717, 1.165) is 17.8 Å². The molecule has 21 heavy (non-hydrogen) atoms. The van der Waals surface area contributed by atoms with Crippen LogP contribution in [0.25, 0.3) is 0 Å². The molecule has 0 saturated carbocycles. The quantitative estimate of drug-likeness (QED) is 0.880. The first-order valence-corrected chi connectivity index (χ1v) is 7.15. The second kappa shape index (κ2) is 7.18. The smallest absolute Gasteiger partial charge is 0.165 e. The fraction of sp³-hybridized carbons (Fsp3) is 0.353. The predicted octanol–water partition coefficient (Wildman–Crippen LogP) is 3.68.